The van der Waals surface area contributed by atoms with Crippen LogP contribution in [-0.2, 0) is 11.2 Å². The van der Waals surface area contributed by atoms with Gasteiger partial charge in [0.15, 0.2) is 0 Å². The fourth-order valence-electron chi connectivity index (χ4n) is 2.17. The van der Waals surface area contributed by atoms with Crippen molar-refractivity contribution in [3.05, 3.63) is 50.7 Å². The van der Waals surface area contributed by atoms with E-state index < -0.39 is 0 Å². The summed E-state index contributed by atoms with van der Waals surface area (Å²) in [7, 11) is 0. The molecule has 0 bridgehead atoms. The third-order valence-electron chi connectivity index (χ3n) is 3.42. The molecular formula is C17H21ClO2S2. The molecule has 0 aliphatic rings. The van der Waals surface area contributed by atoms with Crippen molar-refractivity contribution in [2.45, 2.75) is 37.4 Å². The van der Waals surface area contributed by atoms with E-state index in [0.717, 1.165) is 21.2 Å². The maximum Gasteiger partial charge on any atom is 0.0967 e. The average Bonchev–Trinajstić information content (AvgIpc) is 2.89. The number of rotatable bonds is 7. The van der Waals surface area contributed by atoms with Gasteiger partial charge in [0.2, 0.25) is 0 Å². The van der Waals surface area contributed by atoms with Crippen LogP contribution in [0.1, 0.15) is 36.0 Å². The summed E-state index contributed by atoms with van der Waals surface area (Å²) in [5.41, 5.74) is 2.38. The van der Waals surface area contributed by atoms with E-state index in [1.807, 2.05) is 13.8 Å². The molecule has 120 valence electrons. The summed E-state index contributed by atoms with van der Waals surface area (Å²) < 4.78 is 6.55. The topological polar surface area (TPSA) is 29.5 Å². The van der Waals surface area contributed by atoms with Crippen LogP contribution in [0.4, 0.5) is 0 Å². The lowest BCUT2D eigenvalue weighted by molar-refractivity contribution is -0.0204. The number of benzene rings is 1. The van der Waals surface area contributed by atoms with Gasteiger partial charge in [-0.05, 0) is 55.9 Å². The molecule has 0 radical (unpaired) electrons. The predicted octanol–water partition coefficient (Wildman–Crippen LogP) is 5.17. The van der Waals surface area contributed by atoms with Gasteiger partial charge >= 0.3 is 0 Å². The summed E-state index contributed by atoms with van der Waals surface area (Å²) in [6.07, 6.45) is 2.67. The maximum absolute atomic E-state index is 9.08. The average molecular weight is 357 g/mol. The van der Waals surface area contributed by atoms with Crippen LogP contribution in [-0.4, -0.2) is 24.1 Å². The van der Waals surface area contributed by atoms with Crippen LogP contribution in [0.3, 0.4) is 0 Å². The third kappa shape index (κ3) is 4.74. The maximum atomic E-state index is 9.08. The van der Waals surface area contributed by atoms with Gasteiger partial charge < -0.3 is 9.84 Å². The summed E-state index contributed by atoms with van der Waals surface area (Å²) in [6.45, 7) is 3.88. The van der Waals surface area contributed by atoms with Gasteiger partial charge in [0.1, 0.15) is 0 Å². The van der Waals surface area contributed by atoms with Crippen molar-refractivity contribution in [2.75, 3.05) is 12.9 Å². The quantitative estimate of drug-likeness (QED) is 0.694. The normalized spacial score (nSPS) is 14.0. The molecule has 0 aliphatic heterocycles. The number of ether oxygens (including phenoxy) is 1. The molecule has 0 spiro atoms. The minimum atomic E-state index is -0.168. The Labute approximate surface area is 145 Å². The summed E-state index contributed by atoms with van der Waals surface area (Å²) in [4.78, 5) is 2.36. The molecule has 2 nitrogen and oxygen atoms in total. The van der Waals surface area contributed by atoms with Gasteiger partial charge in [-0.15, -0.1) is 23.1 Å². The highest BCUT2D eigenvalue weighted by atomic mass is 35.5. The van der Waals surface area contributed by atoms with Gasteiger partial charge in [-0.3, -0.25) is 0 Å². The Morgan fingerprint density at radius 1 is 1.27 bits per heavy atom. The fraction of sp³-hybridized carbons (Fsp3) is 0.412. The first-order valence-electron chi connectivity index (χ1n) is 7.20. The summed E-state index contributed by atoms with van der Waals surface area (Å²) in [5.74, 6) is 0. The van der Waals surface area contributed by atoms with Crippen molar-refractivity contribution < 1.29 is 9.84 Å². The Hall–Kier alpha value is -0.520. The molecule has 1 N–H and O–H groups in total. The van der Waals surface area contributed by atoms with Crippen LogP contribution in [0.15, 0.2) is 35.2 Å². The first-order valence-corrected chi connectivity index (χ1v) is 9.62. The molecule has 1 aromatic carbocycles. The summed E-state index contributed by atoms with van der Waals surface area (Å²) in [5, 5.41) is 9.08. The number of thiophene rings is 1. The van der Waals surface area contributed by atoms with E-state index in [1.54, 1.807) is 23.1 Å². The lowest BCUT2D eigenvalue weighted by atomic mass is 10.1. The van der Waals surface area contributed by atoms with Crippen LogP contribution < -0.4 is 0 Å². The molecule has 1 heterocycles. The SMILES string of the molecule is CSc1ccc(Cc2cc(C(C)OC(C)CO)sc2Cl)cc1. The van der Waals surface area contributed by atoms with Crippen LogP contribution in [0.5, 0.6) is 0 Å². The number of hydrogen-bond donors (Lipinski definition) is 1. The highest BCUT2D eigenvalue weighted by Gasteiger charge is 2.15. The second-order valence-electron chi connectivity index (χ2n) is 5.24. The first kappa shape index (κ1) is 17.8. The summed E-state index contributed by atoms with van der Waals surface area (Å²) in [6, 6.07) is 10.7. The zero-order valence-electron chi connectivity index (χ0n) is 13.0. The van der Waals surface area contributed by atoms with E-state index in [2.05, 4.69) is 36.6 Å². The van der Waals surface area contributed by atoms with Crippen molar-refractivity contribution in [1.29, 1.82) is 0 Å². The second-order valence-corrected chi connectivity index (χ2v) is 7.81. The molecule has 0 fully saturated rings. The van der Waals surface area contributed by atoms with Crippen LogP contribution in [0.25, 0.3) is 0 Å². The molecule has 22 heavy (non-hydrogen) atoms. The number of hydrogen-bond acceptors (Lipinski definition) is 4. The van der Waals surface area contributed by atoms with Crippen molar-refractivity contribution in [3.63, 3.8) is 0 Å². The van der Waals surface area contributed by atoms with Crippen LogP contribution in [0, 0.1) is 0 Å². The Balaban J connectivity index is 2.08. The lowest BCUT2D eigenvalue weighted by Crippen LogP contribution is -2.14. The summed E-state index contributed by atoms with van der Waals surface area (Å²) >= 11 is 9.68. The Morgan fingerprint density at radius 3 is 2.55 bits per heavy atom. The number of thioether (sulfide) groups is 1. The zero-order valence-corrected chi connectivity index (χ0v) is 15.4. The van der Waals surface area contributed by atoms with E-state index in [9.17, 15) is 0 Å². The first-order chi connectivity index (χ1) is 10.5. The van der Waals surface area contributed by atoms with Crippen molar-refractivity contribution in [3.8, 4) is 0 Å². The van der Waals surface area contributed by atoms with Crippen molar-refractivity contribution in [1.82, 2.24) is 0 Å². The lowest BCUT2D eigenvalue weighted by Gasteiger charge is -2.15. The van der Waals surface area contributed by atoms with Gasteiger partial charge in [-0.25, -0.2) is 0 Å². The Morgan fingerprint density at radius 2 is 1.95 bits per heavy atom. The molecule has 0 aliphatic carbocycles. The molecule has 2 aromatic rings. The second kappa shape index (κ2) is 8.37. The molecule has 0 amide bonds. The largest absolute Gasteiger partial charge is 0.394 e. The molecule has 2 rings (SSSR count). The van der Waals surface area contributed by atoms with Crippen molar-refractivity contribution in [2.24, 2.45) is 0 Å². The van der Waals surface area contributed by atoms with Crippen LogP contribution in [0.2, 0.25) is 4.34 Å². The molecule has 2 atom stereocenters. The highest BCUT2D eigenvalue weighted by molar-refractivity contribution is 7.98. The van der Waals surface area contributed by atoms with Gasteiger partial charge in [-0.1, -0.05) is 23.7 Å². The van der Waals surface area contributed by atoms with E-state index in [-0.39, 0.29) is 18.8 Å². The Kier molecular flexibility index (Phi) is 6.78. The Bertz CT molecular complexity index is 595. The highest BCUT2D eigenvalue weighted by Crippen LogP contribution is 2.34. The third-order valence-corrected chi connectivity index (χ3v) is 5.77. The predicted molar refractivity (Wildman–Crippen MR) is 96.4 cm³/mol. The molecule has 0 saturated heterocycles. The molecular weight excluding hydrogens is 336 g/mol. The van der Waals surface area contributed by atoms with Gasteiger partial charge in [0.25, 0.3) is 0 Å². The molecule has 2 unspecified atom stereocenters. The van der Waals surface area contributed by atoms with Gasteiger partial charge in [0.05, 0.1) is 23.2 Å². The monoisotopic (exact) mass is 356 g/mol. The molecule has 5 heteroatoms. The standard InChI is InChI=1S/C17H21ClO2S2/c1-11(10-19)20-12(2)16-9-14(17(18)22-16)8-13-4-6-15(21-3)7-5-13/h4-7,9,11-12,19H,8,10H2,1-3H3. The van der Waals surface area contributed by atoms with E-state index >= 15 is 0 Å². The number of aliphatic hydroxyl groups is 1. The minimum absolute atomic E-state index is 0.0259. The molecule has 0 saturated carbocycles. The number of aliphatic hydroxyl groups excluding tert-OH is 1. The van der Waals surface area contributed by atoms with Gasteiger partial charge in [-0.2, -0.15) is 0 Å². The van der Waals surface area contributed by atoms with Crippen molar-refractivity contribution >= 4 is 34.7 Å². The van der Waals surface area contributed by atoms with E-state index in [0.29, 0.717) is 0 Å². The number of halogens is 1. The van der Waals surface area contributed by atoms with Crippen LogP contribution >= 0.6 is 34.7 Å². The minimum Gasteiger partial charge on any atom is -0.394 e. The van der Waals surface area contributed by atoms with Gasteiger partial charge in [0, 0.05) is 9.77 Å². The fourth-order valence-corrected chi connectivity index (χ4v) is 3.86. The molecule has 1 aromatic heterocycles. The van der Waals surface area contributed by atoms with E-state index in [4.69, 9.17) is 21.4 Å². The smallest absolute Gasteiger partial charge is 0.0967 e. The van der Waals surface area contributed by atoms with E-state index in [1.165, 1.54) is 10.5 Å². The zero-order chi connectivity index (χ0) is 16.1.